The lowest BCUT2D eigenvalue weighted by molar-refractivity contribution is -0.139. The fourth-order valence-corrected chi connectivity index (χ4v) is 2.70. The summed E-state index contributed by atoms with van der Waals surface area (Å²) in [6, 6.07) is 6.77. The van der Waals surface area contributed by atoms with Crippen LogP contribution < -0.4 is 14.2 Å². The summed E-state index contributed by atoms with van der Waals surface area (Å²) in [6.45, 7) is -0.178. The van der Waals surface area contributed by atoms with Crippen LogP contribution in [0.1, 0.15) is 11.7 Å². The first-order valence-corrected chi connectivity index (χ1v) is 9.06. The zero-order chi connectivity index (χ0) is 20.8. The number of esters is 1. The first-order valence-electron chi connectivity index (χ1n) is 8.27. The van der Waals surface area contributed by atoms with E-state index in [2.05, 4.69) is 26.1 Å². The summed E-state index contributed by atoms with van der Waals surface area (Å²) < 4.78 is 32.4. The van der Waals surface area contributed by atoms with Gasteiger partial charge in [0.25, 0.3) is 5.89 Å². The summed E-state index contributed by atoms with van der Waals surface area (Å²) >= 11 is 3.18. The van der Waals surface area contributed by atoms with Crippen LogP contribution in [0.25, 0.3) is 17.5 Å². The molecule has 2 aromatic heterocycles. The molecule has 0 atom stereocenters. The normalized spacial score (nSPS) is 10.9. The maximum atomic E-state index is 11.8. The zero-order valence-electron chi connectivity index (χ0n) is 15.8. The van der Waals surface area contributed by atoms with Gasteiger partial charge >= 0.3 is 5.97 Å². The third kappa shape index (κ3) is 4.96. The minimum absolute atomic E-state index is 0.135. The van der Waals surface area contributed by atoms with Crippen LogP contribution in [-0.2, 0) is 16.1 Å². The highest BCUT2D eigenvalue weighted by Crippen LogP contribution is 2.40. The van der Waals surface area contributed by atoms with Gasteiger partial charge in [-0.25, -0.2) is 4.79 Å². The van der Waals surface area contributed by atoms with Gasteiger partial charge in [0.05, 0.1) is 21.3 Å². The average Bonchev–Trinajstić information content (AvgIpc) is 3.38. The summed E-state index contributed by atoms with van der Waals surface area (Å²) in [5.74, 6) is 1.62. The smallest absolute Gasteiger partial charge is 0.331 e. The molecule has 9 nitrogen and oxygen atoms in total. The number of furan rings is 1. The second-order valence-electron chi connectivity index (χ2n) is 5.50. The van der Waals surface area contributed by atoms with E-state index < -0.39 is 5.97 Å². The number of rotatable bonds is 8. The molecule has 29 heavy (non-hydrogen) atoms. The van der Waals surface area contributed by atoms with E-state index in [-0.39, 0.29) is 18.4 Å². The highest BCUT2D eigenvalue weighted by molar-refractivity contribution is 9.10. The molecule has 10 heteroatoms. The number of ether oxygens (including phenoxy) is 4. The zero-order valence-corrected chi connectivity index (χ0v) is 17.4. The van der Waals surface area contributed by atoms with Crippen molar-refractivity contribution in [3.63, 3.8) is 0 Å². The molecule has 0 aliphatic heterocycles. The molecule has 152 valence electrons. The van der Waals surface area contributed by atoms with Gasteiger partial charge in [-0.3, -0.25) is 0 Å². The summed E-state index contributed by atoms with van der Waals surface area (Å²) in [5.41, 5.74) is 0.563. The van der Waals surface area contributed by atoms with E-state index >= 15 is 0 Å². The number of nitrogens with zero attached hydrogens (tertiary/aromatic N) is 2. The Hall–Kier alpha value is -3.27. The van der Waals surface area contributed by atoms with Gasteiger partial charge in [-0.05, 0) is 46.3 Å². The van der Waals surface area contributed by atoms with Crippen LogP contribution in [-0.4, -0.2) is 37.5 Å². The lowest BCUT2D eigenvalue weighted by atomic mass is 10.2. The van der Waals surface area contributed by atoms with Crippen LogP contribution in [0.15, 0.2) is 43.8 Å². The summed E-state index contributed by atoms with van der Waals surface area (Å²) in [6.07, 6.45) is 2.73. The van der Waals surface area contributed by atoms with Gasteiger partial charge in [-0.15, -0.1) is 10.2 Å². The quantitative estimate of drug-likeness (QED) is 0.362. The third-order valence-electron chi connectivity index (χ3n) is 3.69. The van der Waals surface area contributed by atoms with E-state index in [4.69, 9.17) is 27.8 Å². The third-order valence-corrected chi connectivity index (χ3v) is 4.12. The molecule has 0 radical (unpaired) electrons. The van der Waals surface area contributed by atoms with E-state index in [0.717, 1.165) is 0 Å². The molecule has 0 aliphatic carbocycles. The van der Waals surface area contributed by atoms with Crippen LogP contribution >= 0.6 is 15.9 Å². The Labute approximate surface area is 174 Å². The van der Waals surface area contributed by atoms with E-state index in [1.807, 2.05) is 0 Å². The number of hydrogen-bond donors (Lipinski definition) is 0. The number of halogens is 1. The number of carbonyl (C=O) groups excluding carboxylic acids is 1. The highest BCUT2D eigenvalue weighted by Gasteiger charge is 2.18. The summed E-state index contributed by atoms with van der Waals surface area (Å²) in [4.78, 5) is 11.8. The molecule has 1 aromatic carbocycles. The molecule has 0 N–H and O–H groups in total. The van der Waals surface area contributed by atoms with Crippen LogP contribution in [0.2, 0.25) is 0 Å². The number of aromatic nitrogens is 2. The van der Waals surface area contributed by atoms with Gasteiger partial charge in [0, 0.05) is 11.6 Å². The van der Waals surface area contributed by atoms with Crippen molar-refractivity contribution in [3.8, 4) is 28.7 Å². The Morgan fingerprint density at radius 3 is 2.38 bits per heavy atom. The molecule has 3 aromatic rings. The molecule has 0 amide bonds. The van der Waals surface area contributed by atoms with Gasteiger partial charge in [0.2, 0.25) is 11.6 Å². The van der Waals surface area contributed by atoms with E-state index in [1.54, 1.807) is 24.3 Å². The van der Waals surface area contributed by atoms with Crippen molar-refractivity contribution in [2.45, 2.75) is 6.61 Å². The lowest BCUT2D eigenvalue weighted by Crippen LogP contribution is -2.00. The van der Waals surface area contributed by atoms with Crippen molar-refractivity contribution >= 4 is 28.0 Å². The average molecular weight is 465 g/mol. The van der Waals surface area contributed by atoms with Crippen molar-refractivity contribution in [3.05, 3.63) is 46.7 Å². The second-order valence-corrected chi connectivity index (χ2v) is 6.28. The highest BCUT2D eigenvalue weighted by atomic mass is 79.9. The predicted molar refractivity (Wildman–Crippen MR) is 105 cm³/mol. The monoisotopic (exact) mass is 464 g/mol. The standard InChI is InChI=1S/C19H17BrN2O7/c1-24-13-8-11(9-14(25-2)18(13)26-3)19-22-21-16(29-19)10-27-17(23)7-5-12-4-6-15(20)28-12/h4-9H,10H2,1-3H3/b7-5+. The largest absolute Gasteiger partial charge is 0.493 e. The topological polar surface area (TPSA) is 106 Å². The summed E-state index contributed by atoms with van der Waals surface area (Å²) in [7, 11) is 4.53. The molecule has 0 spiro atoms. The van der Waals surface area contributed by atoms with Gasteiger partial charge < -0.3 is 27.8 Å². The van der Waals surface area contributed by atoms with Gasteiger partial charge in [-0.2, -0.15) is 0 Å². The van der Waals surface area contributed by atoms with E-state index in [1.165, 1.54) is 33.5 Å². The Bertz CT molecular complexity index is 1000. The van der Waals surface area contributed by atoms with Gasteiger partial charge in [0.15, 0.2) is 22.8 Å². The molecule has 0 unspecified atom stereocenters. The first kappa shape index (κ1) is 20.5. The van der Waals surface area contributed by atoms with Gasteiger partial charge in [-0.1, -0.05) is 0 Å². The maximum Gasteiger partial charge on any atom is 0.331 e. The molecule has 3 rings (SSSR count). The van der Waals surface area contributed by atoms with E-state index in [0.29, 0.717) is 33.2 Å². The summed E-state index contributed by atoms with van der Waals surface area (Å²) in [5, 5.41) is 7.85. The fraction of sp³-hybridized carbons (Fsp3) is 0.211. The minimum atomic E-state index is -0.579. The number of benzene rings is 1. The van der Waals surface area contributed by atoms with Crippen molar-refractivity contribution < 1.29 is 32.6 Å². The first-order chi connectivity index (χ1) is 14.0. The van der Waals surface area contributed by atoms with Crippen LogP contribution in [0, 0.1) is 0 Å². The van der Waals surface area contributed by atoms with Crippen molar-refractivity contribution in [1.82, 2.24) is 10.2 Å². The van der Waals surface area contributed by atoms with Gasteiger partial charge in [0.1, 0.15) is 5.76 Å². The molecule has 0 saturated carbocycles. The molecular weight excluding hydrogens is 448 g/mol. The molecule has 0 fully saturated rings. The number of carbonyl (C=O) groups is 1. The Balaban J connectivity index is 1.68. The molecule has 2 heterocycles. The lowest BCUT2D eigenvalue weighted by Gasteiger charge is -2.12. The Kier molecular flexibility index (Phi) is 6.55. The molecular formula is C19H17BrN2O7. The molecule has 0 bridgehead atoms. The Morgan fingerprint density at radius 2 is 1.79 bits per heavy atom. The maximum absolute atomic E-state index is 11.8. The fourth-order valence-electron chi connectivity index (χ4n) is 2.38. The van der Waals surface area contributed by atoms with Crippen LogP contribution in [0.3, 0.4) is 0 Å². The minimum Gasteiger partial charge on any atom is -0.493 e. The Morgan fingerprint density at radius 1 is 1.07 bits per heavy atom. The van der Waals surface area contributed by atoms with E-state index in [9.17, 15) is 4.79 Å². The van der Waals surface area contributed by atoms with Crippen molar-refractivity contribution in [1.29, 1.82) is 0 Å². The SMILES string of the molecule is COc1cc(-c2nnc(COC(=O)/C=C/c3ccc(Br)o3)o2)cc(OC)c1OC. The predicted octanol–water partition coefficient (Wildman–Crippen LogP) is 3.87. The molecule has 0 aliphatic rings. The van der Waals surface area contributed by atoms with Crippen molar-refractivity contribution in [2.75, 3.05) is 21.3 Å². The van der Waals surface area contributed by atoms with Crippen molar-refractivity contribution in [2.24, 2.45) is 0 Å². The second kappa shape index (κ2) is 9.28. The molecule has 0 saturated heterocycles. The number of hydrogen-bond acceptors (Lipinski definition) is 9. The number of methoxy groups -OCH3 is 3. The van der Waals surface area contributed by atoms with Crippen LogP contribution in [0.4, 0.5) is 0 Å². The van der Waals surface area contributed by atoms with Crippen LogP contribution in [0.5, 0.6) is 17.2 Å².